The van der Waals surface area contributed by atoms with E-state index in [0.717, 1.165) is 42.6 Å². The summed E-state index contributed by atoms with van der Waals surface area (Å²) < 4.78 is 0. The summed E-state index contributed by atoms with van der Waals surface area (Å²) in [5.74, 6) is 0.134. The van der Waals surface area contributed by atoms with Gasteiger partial charge >= 0.3 is 0 Å². The van der Waals surface area contributed by atoms with Gasteiger partial charge in [-0.3, -0.25) is 9.69 Å². The lowest BCUT2D eigenvalue weighted by Gasteiger charge is -2.38. The fraction of sp³-hybridized carbons (Fsp3) is 0.316. The third-order valence-corrected chi connectivity index (χ3v) is 5.68. The quantitative estimate of drug-likeness (QED) is 0.789. The standard InChI is InChI=1S/C19H21N3OS/c1-14(17-5-11-24-13-17)21-7-9-22(10-8-21)19(23)16-3-2-15-4-6-20-18(15)12-16/h2-6,11-14,20H,7-10H2,1H3. The molecule has 0 bridgehead atoms. The first-order valence-electron chi connectivity index (χ1n) is 8.35. The Kier molecular flexibility index (Phi) is 4.12. The first-order valence-corrected chi connectivity index (χ1v) is 9.29. The Labute approximate surface area is 145 Å². The number of aromatic amines is 1. The number of hydrogen-bond acceptors (Lipinski definition) is 3. The summed E-state index contributed by atoms with van der Waals surface area (Å²) in [6.07, 6.45) is 1.91. The summed E-state index contributed by atoms with van der Waals surface area (Å²) in [5.41, 5.74) is 3.16. The van der Waals surface area contributed by atoms with Crippen LogP contribution in [0.3, 0.4) is 0 Å². The van der Waals surface area contributed by atoms with Crippen molar-refractivity contribution in [2.45, 2.75) is 13.0 Å². The smallest absolute Gasteiger partial charge is 0.254 e. The highest BCUT2D eigenvalue weighted by molar-refractivity contribution is 7.07. The van der Waals surface area contributed by atoms with Gasteiger partial charge in [0.2, 0.25) is 0 Å². The van der Waals surface area contributed by atoms with Crippen molar-refractivity contribution in [2.75, 3.05) is 26.2 Å². The number of rotatable bonds is 3. The molecule has 1 aliphatic rings. The average Bonchev–Trinajstić information content (AvgIpc) is 3.31. The van der Waals surface area contributed by atoms with Crippen LogP contribution >= 0.6 is 11.3 Å². The maximum absolute atomic E-state index is 12.8. The minimum absolute atomic E-state index is 0.134. The van der Waals surface area contributed by atoms with E-state index < -0.39 is 0 Å². The van der Waals surface area contributed by atoms with E-state index in [9.17, 15) is 4.79 Å². The van der Waals surface area contributed by atoms with E-state index in [-0.39, 0.29) is 5.91 Å². The van der Waals surface area contributed by atoms with Crippen LogP contribution in [0.4, 0.5) is 0 Å². The highest BCUT2D eigenvalue weighted by Gasteiger charge is 2.25. The van der Waals surface area contributed by atoms with Gasteiger partial charge in [-0.1, -0.05) is 6.07 Å². The molecule has 0 spiro atoms. The Hall–Kier alpha value is -2.11. The van der Waals surface area contributed by atoms with Crippen LogP contribution < -0.4 is 0 Å². The average molecular weight is 339 g/mol. The van der Waals surface area contributed by atoms with Gasteiger partial charge in [-0.25, -0.2) is 0 Å². The number of piperazine rings is 1. The van der Waals surface area contributed by atoms with Gasteiger partial charge in [-0.05, 0) is 52.9 Å². The molecule has 1 N–H and O–H groups in total. The molecule has 24 heavy (non-hydrogen) atoms. The summed E-state index contributed by atoms with van der Waals surface area (Å²) >= 11 is 1.74. The highest BCUT2D eigenvalue weighted by Crippen LogP contribution is 2.24. The molecule has 1 unspecified atom stereocenters. The van der Waals surface area contributed by atoms with Crippen LogP contribution in [0.15, 0.2) is 47.3 Å². The Morgan fingerprint density at radius 3 is 2.75 bits per heavy atom. The summed E-state index contributed by atoms with van der Waals surface area (Å²) in [6, 6.07) is 10.5. The van der Waals surface area contributed by atoms with Crippen LogP contribution in [0.2, 0.25) is 0 Å². The second-order valence-corrected chi connectivity index (χ2v) is 7.12. The van der Waals surface area contributed by atoms with Crippen LogP contribution in [0.25, 0.3) is 10.9 Å². The van der Waals surface area contributed by atoms with E-state index in [1.807, 2.05) is 35.4 Å². The van der Waals surface area contributed by atoms with Crippen molar-refractivity contribution in [1.29, 1.82) is 0 Å². The molecule has 0 radical (unpaired) electrons. The van der Waals surface area contributed by atoms with Crippen LogP contribution in [-0.4, -0.2) is 46.9 Å². The molecule has 1 saturated heterocycles. The van der Waals surface area contributed by atoms with Crippen molar-refractivity contribution in [3.63, 3.8) is 0 Å². The van der Waals surface area contributed by atoms with Crippen molar-refractivity contribution in [2.24, 2.45) is 0 Å². The van der Waals surface area contributed by atoms with Crippen molar-refractivity contribution in [1.82, 2.24) is 14.8 Å². The summed E-state index contributed by atoms with van der Waals surface area (Å²) in [6.45, 7) is 5.67. The second-order valence-electron chi connectivity index (χ2n) is 6.34. The van der Waals surface area contributed by atoms with Crippen LogP contribution in [0, 0.1) is 0 Å². The fourth-order valence-corrected chi connectivity index (χ4v) is 4.15. The molecule has 3 aromatic rings. The lowest BCUT2D eigenvalue weighted by Crippen LogP contribution is -2.49. The number of hydrogen-bond donors (Lipinski definition) is 1. The van der Waals surface area contributed by atoms with Crippen molar-refractivity contribution in [3.8, 4) is 0 Å². The first kappa shape index (κ1) is 15.4. The third kappa shape index (κ3) is 2.85. The number of fused-ring (bicyclic) bond motifs is 1. The number of carbonyl (C=O) groups excluding carboxylic acids is 1. The molecule has 2 aromatic heterocycles. The molecule has 1 aliphatic heterocycles. The van der Waals surface area contributed by atoms with Crippen molar-refractivity contribution >= 4 is 28.1 Å². The van der Waals surface area contributed by atoms with E-state index in [0.29, 0.717) is 6.04 Å². The molecule has 124 valence electrons. The highest BCUT2D eigenvalue weighted by atomic mass is 32.1. The molecule has 1 atom stereocenters. The Morgan fingerprint density at radius 1 is 1.17 bits per heavy atom. The van der Waals surface area contributed by atoms with E-state index in [1.54, 1.807) is 11.3 Å². The van der Waals surface area contributed by atoms with Gasteiger partial charge in [-0.2, -0.15) is 11.3 Å². The largest absolute Gasteiger partial charge is 0.361 e. The summed E-state index contributed by atoms with van der Waals surface area (Å²) in [4.78, 5) is 20.4. The topological polar surface area (TPSA) is 39.3 Å². The number of carbonyl (C=O) groups is 1. The molecule has 4 nitrogen and oxygen atoms in total. The minimum atomic E-state index is 0.134. The van der Waals surface area contributed by atoms with Gasteiger partial charge in [0.15, 0.2) is 0 Å². The van der Waals surface area contributed by atoms with Crippen LogP contribution in [-0.2, 0) is 0 Å². The van der Waals surface area contributed by atoms with E-state index >= 15 is 0 Å². The predicted molar refractivity (Wildman–Crippen MR) is 98.5 cm³/mol. The van der Waals surface area contributed by atoms with Gasteiger partial charge < -0.3 is 9.88 Å². The summed E-state index contributed by atoms with van der Waals surface area (Å²) in [5, 5.41) is 5.48. The number of amides is 1. The Balaban J connectivity index is 1.42. The Morgan fingerprint density at radius 2 is 2.00 bits per heavy atom. The van der Waals surface area contributed by atoms with Gasteiger partial charge in [-0.15, -0.1) is 0 Å². The zero-order valence-electron chi connectivity index (χ0n) is 13.7. The van der Waals surface area contributed by atoms with Crippen molar-refractivity contribution in [3.05, 3.63) is 58.4 Å². The number of thiophene rings is 1. The third-order valence-electron chi connectivity index (χ3n) is 4.98. The maximum Gasteiger partial charge on any atom is 0.254 e. The lowest BCUT2D eigenvalue weighted by molar-refractivity contribution is 0.0582. The zero-order chi connectivity index (χ0) is 16.5. The molecule has 4 rings (SSSR count). The maximum atomic E-state index is 12.8. The number of nitrogens with one attached hydrogen (secondary N) is 1. The molecule has 3 heterocycles. The zero-order valence-corrected chi connectivity index (χ0v) is 14.6. The first-order chi connectivity index (χ1) is 11.7. The molecule has 1 fully saturated rings. The van der Waals surface area contributed by atoms with Crippen LogP contribution in [0.1, 0.15) is 28.9 Å². The normalized spacial score (nSPS) is 17.3. The van der Waals surface area contributed by atoms with E-state index in [2.05, 4.69) is 33.6 Å². The molecule has 1 amide bonds. The van der Waals surface area contributed by atoms with Gasteiger partial charge in [0, 0.05) is 49.5 Å². The molecule has 0 aliphatic carbocycles. The number of H-pyrrole nitrogens is 1. The van der Waals surface area contributed by atoms with Gasteiger partial charge in [0.05, 0.1) is 0 Å². The number of nitrogens with zero attached hydrogens (tertiary/aromatic N) is 2. The molecule has 5 heteroatoms. The number of benzene rings is 1. The molecule has 1 aromatic carbocycles. The molecular formula is C19H21N3OS. The SMILES string of the molecule is CC(c1ccsc1)N1CCN(C(=O)c2ccc3cc[nH]c3c2)CC1. The van der Waals surface area contributed by atoms with E-state index in [4.69, 9.17) is 0 Å². The molecule has 0 saturated carbocycles. The number of aromatic nitrogens is 1. The minimum Gasteiger partial charge on any atom is -0.361 e. The fourth-order valence-electron chi connectivity index (χ4n) is 3.40. The van der Waals surface area contributed by atoms with Gasteiger partial charge in [0.1, 0.15) is 0 Å². The van der Waals surface area contributed by atoms with E-state index in [1.165, 1.54) is 5.56 Å². The second kappa shape index (κ2) is 6.42. The summed E-state index contributed by atoms with van der Waals surface area (Å²) in [7, 11) is 0. The van der Waals surface area contributed by atoms with Crippen LogP contribution in [0.5, 0.6) is 0 Å². The molecular weight excluding hydrogens is 318 g/mol. The predicted octanol–water partition coefficient (Wildman–Crippen LogP) is 3.75. The monoisotopic (exact) mass is 339 g/mol. The lowest BCUT2D eigenvalue weighted by atomic mass is 10.1. The van der Waals surface area contributed by atoms with Gasteiger partial charge in [0.25, 0.3) is 5.91 Å². The Bertz CT molecular complexity index is 831. The van der Waals surface area contributed by atoms with Crippen molar-refractivity contribution < 1.29 is 4.79 Å².